The Bertz CT molecular complexity index is 712. The Labute approximate surface area is 104 Å². The molecule has 0 aliphatic heterocycles. The van der Waals surface area contributed by atoms with Gasteiger partial charge in [0.05, 0.1) is 29.8 Å². The molecule has 0 spiro atoms. The van der Waals surface area contributed by atoms with Gasteiger partial charge >= 0.3 is 0 Å². The van der Waals surface area contributed by atoms with Gasteiger partial charge in [0, 0.05) is 5.69 Å². The molecule has 0 saturated heterocycles. The second-order valence-corrected chi connectivity index (χ2v) is 4.12. The number of H-pyrrole nitrogens is 1. The number of nitrogens with one attached hydrogen (secondary N) is 1. The first-order valence-electron chi connectivity index (χ1n) is 5.58. The van der Waals surface area contributed by atoms with Crippen molar-refractivity contribution in [2.75, 3.05) is 12.8 Å². The number of hydrogen-bond acceptors (Lipinski definition) is 4. The highest BCUT2D eigenvalue weighted by atomic mass is 16.5. The van der Waals surface area contributed by atoms with E-state index in [0.717, 1.165) is 27.9 Å². The summed E-state index contributed by atoms with van der Waals surface area (Å²) in [6.07, 6.45) is 1.50. The first-order chi connectivity index (χ1) is 8.72. The van der Waals surface area contributed by atoms with Crippen LogP contribution in [0, 0.1) is 6.92 Å². The molecular weight excluding hydrogens is 230 g/mol. The predicted molar refractivity (Wildman–Crippen MR) is 69.5 cm³/mol. The lowest BCUT2D eigenvalue weighted by molar-refractivity contribution is 0.419. The number of aryl methyl sites for hydroxylation is 1. The first kappa shape index (κ1) is 10.7. The highest BCUT2D eigenvalue weighted by Gasteiger charge is 2.19. The van der Waals surface area contributed by atoms with Crippen LogP contribution < -0.4 is 10.5 Å². The van der Waals surface area contributed by atoms with Crippen molar-refractivity contribution in [2.24, 2.45) is 0 Å². The van der Waals surface area contributed by atoms with Crippen molar-refractivity contribution in [1.82, 2.24) is 10.1 Å². The Morgan fingerprint density at radius 3 is 2.89 bits per heavy atom. The lowest BCUT2D eigenvalue weighted by atomic mass is 10.1. The van der Waals surface area contributed by atoms with Gasteiger partial charge in [0.25, 0.3) is 0 Å². The average molecular weight is 243 g/mol. The number of methoxy groups -OCH3 is 1. The number of aromatic amines is 1. The molecule has 18 heavy (non-hydrogen) atoms. The Morgan fingerprint density at radius 1 is 1.39 bits per heavy atom. The van der Waals surface area contributed by atoms with Gasteiger partial charge in [0.2, 0.25) is 0 Å². The molecule has 3 aromatic rings. The zero-order chi connectivity index (χ0) is 12.7. The monoisotopic (exact) mass is 243 g/mol. The van der Waals surface area contributed by atoms with E-state index in [1.54, 1.807) is 7.11 Å². The normalized spacial score (nSPS) is 11.0. The number of nitrogens with zero attached hydrogens (tertiary/aromatic N) is 1. The Kier molecular flexibility index (Phi) is 2.26. The SMILES string of the molecule is COc1cccc2[nH]c(C)c(-c3oncc3N)c12. The topological polar surface area (TPSA) is 77.1 Å². The summed E-state index contributed by atoms with van der Waals surface area (Å²) in [7, 11) is 1.64. The zero-order valence-corrected chi connectivity index (χ0v) is 10.2. The number of rotatable bonds is 2. The maximum absolute atomic E-state index is 5.87. The number of nitrogen functional groups attached to an aromatic ring is 1. The second-order valence-electron chi connectivity index (χ2n) is 4.12. The fourth-order valence-corrected chi connectivity index (χ4v) is 2.24. The van der Waals surface area contributed by atoms with Crippen LogP contribution in [0.25, 0.3) is 22.2 Å². The van der Waals surface area contributed by atoms with E-state index in [4.69, 9.17) is 15.0 Å². The van der Waals surface area contributed by atoms with Gasteiger partial charge in [-0.25, -0.2) is 0 Å². The van der Waals surface area contributed by atoms with Crippen LogP contribution in [0.1, 0.15) is 5.69 Å². The average Bonchev–Trinajstić information content (AvgIpc) is 2.91. The maximum Gasteiger partial charge on any atom is 0.192 e. The predicted octanol–water partition coefficient (Wildman–Crippen LogP) is 2.72. The molecule has 0 fully saturated rings. The summed E-state index contributed by atoms with van der Waals surface area (Å²) < 4.78 is 10.6. The molecule has 0 bridgehead atoms. The van der Waals surface area contributed by atoms with Crippen molar-refractivity contribution < 1.29 is 9.26 Å². The van der Waals surface area contributed by atoms with Crippen molar-refractivity contribution >= 4 is 16.6 Å². The van der Waals surface area contributed by atoms with Crippen molar-refractivity contribution in [3.63, 3.8) is 0 Å². The molecule has 2 heterocycles. The van der Waals surface area contributed by atoms with Crippen LogP contribution in [-0.4, -0.2) is 17.3 Å². The molecule has 0 amide bonds. The summed E-state index contributed by atoms with van der Waals surface area (Å²) in [4.78, 5) is 3.29. The largest absolute Gasteiger partial charge is 0.496 e. The molecule has 2 aromatic heterocycles. The fraction of sp³-hybridized carbons (Fsp3) is 0.154. The van der Waals surface area contributed by atoms with E-state index in [0.29, 0.717) is 11.4 Å². The van der Waals surface area contributed by atoms with E-state index in [-0.39, 0.29) is 0 Å². The zero-order valence-electron chi connectivity index (χ0n) is 10.2. The van der Waals surface area contributed by atoms with E-state index in [9.17, 15) is 0 Å². The minimum absolute atomic E-state index is 0.518. The molecule has 5 nitrogen and oxygen atoms in total. The molecule has 0 aliphatic carbocycles. The number of aromatic nitrogens is 2. The molecule has 5 heteroatoms. The van der Waals surface area contributed by atoms with Gasteiger partial charge in [-0.05, 0) is 19.1 Å². The summed E-state index contributed by atoms with van der Waals surface area (Å²) in [6, 6.07) is 5.83. The Balaban J connectivity index is 2.41. The summed E-state index contributed by atoms with van der Waals surface area (Å²) in [5.74, 6) is 1.35. The molecular formula is C13H13N3O2. The lowest BCUT2D eigenvalue weighted by Gasteiger charge is -2.03. The Morgan fingerprint density at radius 2 is 2.22 bits per heavy atom. The number of ether oxygens (including phenoxy) is 1. The third-order valence-corrected chi connectivity index (χ3v) is 3.02. The summed E-state index contributed by atoms with van der Waals surface area (Å²) >= 11 is 0. The van der Waals surface area contributed by atoms with Gasteiger partial charge in [-0.3, -0.25) is 0 Å². The molecule has 0 atom stereocenters. The van der Waals surface area contributed by atoms with Crippen molar-refractivity contribution in [1.29, 1.82) is 0 Å². The van der Waals surface area contributed by atoms with Crippen LogP contribution in [0.5, 0.6) is 5.75 Å². The van der Waals surface area contributed by atoms with Gasteiger partial charge in [0.15, 0.2) is 5.76 Å². The summed E-state index contributed by atoms with van der Waals surface area (Å²) in [5.41, 5.74) is 9.25. The third-order valence-electron chi connectivity index (χ3n) is 3.02. The molecule has 3 N–H and O–H groups in total. The molecule has 0 saturated carbocycles. The standard InChI is InChI=1S/C13H13N3O2/c1-7-11(13-8(14)6-15-18-13)12-9(16-7)4-3-5-10(12)17-2/h3-6,16H,14H2,1-2H3. The van der Waals surface area contributed by atoms with Crippen LogP contribution in [0.4, 0.5) is 5.69 Å². The lowest BCUT2D eigenvalue weighted by Crippen LogP contribution is -1.88. The van der Waals surface area contributed by atoms with Gasteiger partial charge < -0.3 is 20.0 Å². The van der Waals surface area contributed by atoms with Crippen molar-refractivity contribution in [2.45, 2.75) is 6.92 Å². The number of nitrogens with two attached hydrogens (primary N) is 1. The minimum atomic E-state index is 0.518. The van der Waals surface area contributed by atoms with Crippen LogP contribution in [0.15, 0.2) is 28.9 Å². The molecule has 0 unspecified atom stereocenters. The first-order valence-corrected chi connectivity index (χ1v) is 5.58. The third kappa shape index (κ3) is 1.37. The van der Waals surface area contributed by atoms with E-state index >= 15 is 0 Å². The minimum Gasteiger partial charge on any atom is -0.496 e. The maximum atomic E-state index is 5.87. The molecule has 3 rings (SSSR count). The highest BCUT2D eigenvalue weighted by Crippen LogP contribution is 2.39. The summed E-state index contributed by atoms with van der Waals surface area (Å²) in [5, 5.41) is 4.69. The van der Waals surface area contributed by atoms with E-state index in [1.165, 1.54) is 6.20 Å². The van der Waals surface area contributed by atoms with E-state index in [2.05, 4.69) is 10.1 Å². The van der Waals surface area contributed by atoms with Crippen molar-refractivity contribution in [3.8, 4) is 17.1 Å². The van der Waals surface area contributed by atoms with Gasteiger partial charge in [0.1, 0.15) is 11.4 Å². The van der Waals surface area contributed by atoms with E-state index in [1.807, 2.05) is 25.1 Å². The van der Waals surface area contributed by atoms with Crippen LogP contribution >= 0.6 is 0 Å². The second kappa shape index (κ2) is 3.80. The number of hydrogen-bond donors (Lipinski definition) is 2. The van der Waals surface area contributed by atoms with Crippen LogP contribution in [-0.2, 0) is 0 Å². The quantitative estimate of drug-likeness (QED) is 0.725. The van der Waals surface area contributed by atoms with Gasteiger partial charge in [-0.15, -0.1) is 0 Å². The van der Waals surface area contributed by atoms with Crippen LogP contribution in [0.2, 0.25) is 0 Å². The Hall–Kier alpha value is -2.43. The van der Waals surface area contributed by atoms with E-state index < -0.39 is 0 Å². The van der Waals surface area contributed by atoms with Gasteiger partial charge in [-0.2, -0.15) is 0 Å². The fourth-order valence-electron chi connectivity index (χ4n) is 2.24. The number of fused-ring (bicyclic) bond motifs is 1. The van der Waals surface area contributed by atoms with Gasteiger partial charge in [-0.1, -0.05) is 11.2 Å². The number of anilines is 1. The molecule has 92 valence electrons. The smallest absolute Gasteiger partial charge is 0.192 e. The highest BCUT2D eigenvalue weighted by molar-refractivity contribution is 6.02. The summed E-state index contributed by atoms with van der Waals surface area (Å²) in [6.45, 7) is 1.97. The number of benzene rings is 1. The molecule has 1 aromatic carbocycles. The van der Waals surface area contributed by atoms with Crippen LogP contribution in [0.3, 0.4) is 0 Å². The molecule has 0 aliphatic rings. The van der Waals surface area contributed by atoms with Crippen molar-refractivity contribution in [3.05, 3.63) is 30.1 Å². The molecule has 0 radical (unpaired) electrons.